The summed E-state index contributed by atoms with van der Waals surface area (Å²) in [6.07, 6.45) is 8.39. The number of fused-ring (bicyclic) bond motifs is 3. The number of aliphatic hydroxyl groups excluding tert-OH is 1. The summed E-state index contributed by atoms with van der Waals surface area (Å²) in [6, 6.07) is 7.98. The SMILES string of the molecule is OC1=c2c(ccc3cccnc23)=CCC=C1. The molecule has 0 saturated carbocycles. The topological polar surface area (TPSA) is 33.1 Å². The van der Waals surface area contributed by atoms with E-state index in [0.717, 1.165) is 27.8 Å². The van der Waals surface area contributed by atoms with E-state index in [-0.39, 0.29) is 0 Å². The van der Waals surface area contributed by atoms with Gasteiger partial charge in [0.25, 0.3) is 0 Å². The lowest BCUT2D eigenvalue weighted by atomic mass is 10.1. The van der Waals surface area contributed by atoms with Gasteiger partial charge in [-0.1, -0.05) is 30.4 Å². The van der Waals surface area contributed by atoms with Gasteiger partial charge in [-0.25, -0.2) is 0 Å². The molecule has 3 rings (SSSR count). The van der Waals surface area contributed by atoms with Gasteiger partial charge in [-0.2, -0.15) is 0 Å². The second-order valence-electron chi connectivity index (χ2n) is 3.83. The monoisotopic (exact) mass is 209 g/mol. The predicted molar refractivity (Wildman–Crippen MR) is 65.3 cm³/mol. The van der Waals surface area contributed by atoms with E-state index >= 15 is 0 Å². The van der Waals surface area contributed by atoms with Crippen molar-refractivity contribution < 1.29 is 5.11 Å². The Labute approximate surface area is 92.9 Å². The van der Waals surface area contributed by atoms with Gasteiger partial charge in [-0.05, 0) is 23.8 Å². The molecule has 0 aliphatic heterocycles. The Morgan fingerprint density at radius 1 is 1.19 bits per heavy atom. The summed E-state index contributed by atoms with van der Waals surface area (Å²) < 4.78 is 0. The maximum absolute atomic E-state index is 10.0. The number of pyridine rings is 1. The highest BCUT2D eigenvalue weighted by molar-refractivity contribution is 5.81. The molecule has 0 saturated heterocycles. The maximum atomic E-state index is 10.0. The van der Waals surface area contributed by atoms with Crippen molar-refractivity contribution in [1.29, 1.82) is 0 Å². The highest BCUT2D eigenvalue weighted by Crippen LogP contribution is 2.06. The molecule has 1 aromatic heterocycles. The summed E-state index contributed by atoms with van der Waals surface area (Å²) in [7, 11) is 0. The quantitative estimate of drug-likeness (QED) is 0.715. The summed E-state index contributed by atoms with van der Waals surface area (Å²) in [4.78, 5) is 4.35. The first-order valence-electron chi connectivity index (χ1n) is 5.30. The third-order valence-corrected chi connectivity index (χ3v) is 2.81. The van der Waals surface area contributed by atoms with Gasteiger partial charge in [-0.3, -0.25) is 4.98 Å². The first-order valence-corrected chi connectivity index (χ1v) is 5.30. The lowest BCUT2D eigenvalue weighted by Gasteiger charge is -1.99. The fourth-order valence-electron chi connectivity index (χ4n) is 2.06. The second kappa shape index (κ2) is 3.49. The van der Waals surface area contributed by atoms with Crippen LogP contribution in [0.25, 0.3) is 22.7 Å². The maximum Gasteiger partial charge on any atom is 0.125 e. The Morgan fingerprint density at radius 2 is 2.12 bits per heavy atom. The number of nitrogens with zero attached hydrogens (tertiary/aromatic N) is 1. The van der Waals surface area contributed by atoms with E-state index in [1.807, 2.05) is 30.3 Å². The van der Waals surface area contributed by atoms with Gasteiger partial charge in [0.05, 0.1) is 5.52 Å². The van der Waals surface area contributed by atoms with E-state index in [1.165, 1.54) is 0 Å². The third kappa shape index (κ3) is 1.31. The van der Waals surface area contributed by atoms with Gasteiger partial charge in [0.15, 0.2) is 0 Å². The Kier molecular flexibility index (Phi) is 2.00. The number of allylic oxidation sites excluding steroid dienone is 1. The van der Waals surface area contributed by atoms with Crippen molar-refractivity contribution in [3.05, 3.63) is 53.1 Å². The molecular formula is C14H11NO. The average Bonchev–Trinajstić information content (AvgIpc) is 2.51. The van der Waals surface area contributed by atoms with Crippen molar-refractivity contribution in [3.63, 3.8) is 0 Å². The smallest absolute Gasteiger partial charge is 0.125 e. The van der Waals surface area contributed by atoms with Crippen LogP contribution in [-0.2, 0) is 0 Å². The molecule has 0 bridgehead atoms. The molecule has 78 valence electrons. The average molecular weight is 209 g/mol. The first-order chi connectivity index (χ1) is 7.86. The van der Waals surface area contributed by atoms with Crippen molar-refractivity contribution in [2.45, 2.75) is 6.42 Å². The molecule has 1 aliphatic carbocycles. The Hall–Kier alpha value is -2.09. The Morgan fingerprint density at radius 3 is 3.06 bits per heavy atom. The lowest BCUT2D eigenvalue weighted by molar-refractivity contribution is 0.512. The number of aliphatic hydroxyl groups is 1. The number of hydrogen-bond donors (Lipinski definition) is 1. The molecule has 1 aromatic carbocycles. The van der Waals surface area contributed by atoms with E-state index in [1.54, 1.807) is 12.3 Å². The molecule has 2 nitrogen and oxygen atoms in total. The zero-order valence-corrected chi connectivity index (χ0v) is 8.72. The van der Waals surface area contributed by atoms with Crippen LogP contribution in [0.15, 0.2) is 42.6 Å². The van der Waals surface area contributed by atoms with Gasteiger partial charge < -0.3 is 5.11 Å². The van der Waals surface area contributed by atoms with Crippen LogP contribution in [0.5, 0.6) is 0 Å². The molecule has 16 heavy (non-hydrogen) atoms. The molecule has 0 unspecified atom stereocenters. The highest BCUT2D eigenvalue weighted by atomic mass is 16.3. The lowest BCUT2D eigenvalue weighted by Crippen LogP contribution is -2.27. The largest absolute Gasteiger partial charge is 0.507 e. The van der Waals surface area contributed by atoms with Crippen molar-refractivity contribution in [2.24, 2.45) is 0 Å². The Bertz CT molecular complexity index is 698. The zero-order valence-electron chi connectivity index (χ0n) is 8.72. The fourth-order valence-corrected chi connectivity index (χ4v) is 2.06. The molecule has 1 aliphatic rings. The van der Waals surface area contributed by atoms with Crippen molar-refractivity contribution >= 4 is 22.7 Å². The summed E-state index contributed by atoms with van der Waals surface area (Å²) in [5.41, 5.74) is 0.861. The van der Waals surface area contributed by atoms with Gasteiger partial charge in [0, 0.05) is 16.8 Å². The van der Waals surface area contributed by atoms with Crippen molar-refractivity contribution in [2.75, 3.05) is 0 Å². The van der Waals surface area contributed by atoms with E-state index in [2.05, 4.69) is 11.1 Å². The minimum absolute atomic E-state index is 0.299. The molecule has 0 amide bonds. The minimum Gasteiger partial charge on any atom is -0.507 e. The summed E-state index contributed by atoms with van der Waals surface area (Å²) in [6.45, 7) is 0. The van der Waals surface area contributed by atoms with Crippen LogP contribution in [0.4, 0.5) is 0 Å². The first kappa shape index (κ1) is 9.16. The van der Waals surface area contributed by atoms with Crippen LogP contribution < -0.4 is 10.4 Å². The van der Waals surface area contributed by atoms with Gasteiger partial charge in [0.2, 0.25) is 0 Å². The normalized spacial score (nSPS) is 14.4. The standard InChI is InChI=1S/C14H11NO/c16-12-6-2-1-4-10-7-8-11-5-3-9-15-14(11)13(10)12/h2-9,16H,1H2. The molecule has 2 heteroatoms. The van der Waals surface area contributed by atoms with Gasteiger partial charge in [-0.15, -0.1) is 0 Å². The van der Waals surface area contributed by atoms with Crippen LogP contribution in [0.1, 0.15) is 6.42 Å². The number of rotatable bonds is 0. The van der Waals surface area contributed by atoms with Crippen LogP contribution in [0.3, 0.4) is 0 Å². The molecule has 1 N–H and O–H groups in total. The van der Waals surface area contributed by atoms with Gasteiger partial charge in [0.1, 0.15) is 5.76 Å². The third-order valence-electron chi connectivity index (χ3n) is 2.81. The minimum atomic E-state index is 0.299. The molecule has 0 atom stereocenters. The molecule has 0 radical (unpaired) electrons. The highest BCUT2D eigenvalue weighted by Gasteiger charge is 2.02. The number of benzene rings is 1. The molecular weight excluding hydrogens is 198 g/mol. The van der Waals surface area contributed by atoms with Crippen LogP contribution in [0, 0.1) is 0 Å². The second-order valence-corrected chi connectivity index (χ2v) is 3.83. The fraction of sp³-hybridized carbons (Fsp3) is 0.0714. The summed E-state index contributed by atoms with van der Waals surface area (Å²) in [5, 5.41) is 13.0. The van der Waals surface area contributed by atoms with Crippen molar-refractivity contribution in [1.82, 2.24) is 4.98 Å². The summed E-state index contributed by atoms with van der Waals surface area (Å²) >= 11 is 0. The van der Waals surface area contributed by atoms with Crippen LogP contribution in [0.2, 0.25) is 0 Å². The number of aromatic nitrogens is 1. The van der Waals surface area contributed by atoms with E-state index in [0.29, 0.717) is 5.76 Å². The molecule has 0 fully saturated rings. The van der Waals surface area contributed by atoms with Crippen LogP contribution >= 0.6 is 0 Å². The predicted octanol–water partition coefficient (Wildman–Crippen LogP) is 1.64. The Balaban J connectivity index is 2.64. The molecule has 0 spiro atoms. The van der Waals surface area contributed by atoms with Gasteiger partial charge >= 0.3 is 0 Å². The molecule has 2 aromatic rings. The summed E-state index contributed by atoms with van der Waals surface area (Å²) in [5.74, 6) is 0.299. The van der Waals surface area contributed by atoms with E-state index in [4.69, 9.17) is 0 Å². The zero-order chi connectivity index (χ0) is 11.0. The van der Waals surface area contributed by atoms with Crippen molar-refractivity contribution in [3.8, 4) is 0 Å². The molecule has 1 heterocycles. The van der Waals surface area contributed by atoms with E-state index < -0.39 is 0 Å². The van der Waals surface area contributed by atoms with Crippen LogP contribution in [-0.4, -0.2) is 10.1 Å². The van der Waals surface area contributed by atoms with E-state index in [9.17, 15) is 5.11 Å². The number of hydrogen-bond acceptors (Lipinski definition) is 2.